The summed E-state index contributed by atoms with van der Waals surface area (Å²) in [5.74, 6) is 0. The molecule has 0 saturated carbocycles. The Bertz CT molecular complexity index is 296. The van der Waals surface area contributed by atoms with Gasteiger partial charge in [0.15, 0.2) is 0 Å². The SMILES string of the molecule is Brc1ccc2[c](n1)[Sn][CH]=C2. The fourth-order valence-corrected chi connectivity index (χ4v) is 4.36. The van der Waals surface area contributed by atoms with Crippen LogP contribution < -0.4 is 3.71 Å². The molecule has 0 amide bonds. The van der Waals surface area contributed by atoms with E-state index in [1.807, 2.05) is 6.07 Å². The van der Waals surface area contributed by atoms with Crippen molar-refractivity contribution in [1.82, 2.24) is 4.98 Å². The Labute approximate surface area is 77.9 Å². The first-order valence-electron chi connectivity index (χ1n) is 2.96. The molecule has 1 aliphatic heterocycles. The molecule has 2 rings (SSSR count). The van der Waals surface area contributed by atoms with Gasteiger partial charge >= 0.3 is 78.2 Å². The van der Waals surface area contributed by atoms with Crippen LogP contribution in [0.2, 0.25) is 0 Å². The van der Waals surface area contributed by atoms with Crippen LogP contribution >= 0.6 is 15.9 Å². The molecule has 0 unspecified atom stereocenters. The van der Waals surface area contributed by atoms with Crippen molar-refractivity contribution in [1.29, 1.82) is 0 Å². The Morgan fingerprint density at radius 1 is 1.40 bits per heavy atom. The summed E-state index contributed by atoms with van der Waals surface area (Å²) in [5.41, 5.74) is 1.33. The summed E-state index contributed by atoms with van der Waals surface area (Å²) in [6, 6.07) is 4.12. The van der Waals surface area contributed by atoms with E-state index in [4.69, 9.17) is 0 Å². The Hall–Kier alpha value is 0.169. The molecule has 0 fully saturated rings. The molecule has 0 aliphatic carbocycles. The molecule has 2 heterocycles. The minimum atomic E-state index is -0.405. The number of rotatable bonds is 0. The Morgan fingerprint density at radius 2 is 2.30 bits per heavy atom. The molecule has 0 saturated heterocycles. The third kappa shape index (κ3) is 1.14. The average molecular weight is 301 g/mol. The van der Waals surface area contributed by atoms with Gasteiger partial charge in [0.05, 0.1) is 0 Å². The van der Waals surface area contributed by atoms with Crippen molar-refractivity contribution >= 4 is 46.9 Å². The molecule has 0 spiro atoms. The van der Waals surface area contributed by atoms with Crippen molar-refractivity contribution in [2.75, 3.05) is 0 Å². The van der Waals surface area contributed by atoms with Crippen LogP contribution in [0.3, 0.4) is 0 Å². The molecule has 1 aliphatic rings. The molecule has 1 aromatic rings. The number of pyridine rings is 1. The minimum absolute atomic E-state index is 0.405. The summed E-state index contributed by atoms with van der Waals surface area (Å²) in [4.78, 5) is 4.38. The molecule has 1 nitrogen and oxygen atoms in total. The molecule has 3 heteroatoms. The first-order valence-corrected chi connectivity index (χ1v) is 6.83. The second-order valence-corrected chi connectivity index (χ2v) is 5.99. The molecule has 10 heavy (non-hydrogen) atoms. The number of halogens is 1. The van der Waals surface area contributed by atoms with Gasteiger partial charge in [-0.15, -0.1) is 0 Å². The van der Waals surface area contributed by atoms with Crippen molar-refractivity contribution in [3.8, 4) is 0 Å². The van der Waals surface area contributed by atoms with E-state index in [1.54, 1.807) is 0 Å². The standard InChI is InChI=1S/C7H4BrN.Sn/c1-2-6-3-4-7(8)9-5-6;/h1-4H;. The van der Waals surface area contributed by atoms with Crippen molar-refractivity contribution in [2.24, 2.45) is 0 Å². The first-order chi connectivity index (χ1) is 4.86. The van der Waals surface area contributed by atoms with E-state index in [9.17, 15) is 0 Å². The van der Waals surface area contributed by atoms with Gasteiger partial charge in [-0.3, -0.25) is 0 Å². The fraction of sp³-hybridized carbons (Fsp3) is 0. The fourth-order valence-electron chi connectivity index (χ4n) is 0.907. The predicted molar refractivity (Wildman–Crippen MR) is 46.4 cm³/mol. The van der Waals surface area contributed by atoms with Crippen LogP contribution in [0.25, 0.3) is 6.08 Å². The Kier molecular flexibility index (Phi) is 1.82. The maximum absolute atomic E-state index is 4.38. The van der Waals surface area contributed by atoms with Gasteiger partial charge in [0, 0.05) is 0 Å². The van der Waals surface area contributed by atoms with E-state index in [1.165, 1.54) is 9.27 Å². The van der Waals surface area contributed by atoms with E-state index in [0.717, 1.165) is 4.60 Å². The second kappa shape index (κ2) is 2.66. The van der Waals surface area contributed by atoms with Gasteiger partial charge in [-0.05, 0) is 0 Å². The van der Waals surface area contributed by atoms with E-state index < -0.39 is 21.1 Å². The summed E-state index contributed by atoms with van der Waals surface area (Å²) < 4.78 is 4.61. The summed E-state index contributed by atoms with van der Waals surface area (Å²) in [6.45, 7) is 0. The van der Waals surface area contributed by atoms with Gasteiger partial charge in [0.2, 0.25) is 0 Å². The normalized spacial score (nSPS) is 13.7. The van der Waals surface area contributed by atoms with Crippen molar-refractivity contribution < 1.29 is 0 Å². The quantitative estimate of drug-likeness (QED) is 0.517. The zero-order valence-electron chi connectivity index (χ0n) is 5.13. The zero-order valence-corrected chi connectivity index (χ0v) is 9.57. The predicted octanol–water partition coefficient (Wildman–Crippen LogP) is 1.16. The molecule has 1 aromatic heterocycles. The van der Waals surface area contributed by atoms with E-state index >= 15 is 0 Å². The summed E-state index contributed by atoms with van der Waals surface area (Å²) in [7, 11) is 0. The van der Waals surface area contributed by atoms with E-state index in [-0.39, 0.29) is 0 Å². The monoisotopic (exact) mass is 301 g/mol. The van der Waals surface area contributed by atoms with Crippen LogP contribution in [0.15, 0.2) is 20.8 Å². The van der Waals surface area contributed by atoms with Crippen molar-refractivity contribution in [3.05, 3.63) is 26.4 Å². The number of hydrogen-bond donors (Lipinski definition) is 0. The van der Waals surface area contributed by atoms with Gasteiger partial charge in [0.25, 0.3) is 0 Å². The van der Waals surface area contributed by atoms with Gasteiger partial charge in [-0.25, -0.2) is 0 Å². The zero-order chi connectivity index (χ0) is 6.97. The molecule has 2 radical (unpaired) electrons. The van der Waals surface area contributed by atoms with Crippen LogP contribution in [0.5, 0.6) is 0 Å². The third-order valence-corrected chi connectivity index (χ3v) is 4.69. The molecule has 48 valence electrons. The number of nitrogens with zero attached hydrogens (tertiary/aromatic N) is 1. The summed E-state index contributed by atoms with van der Waals surface area (Å²) >= 11 is 2.95. The van der Waals surface area contributed by atoms with Crippen molar-refractivity contribution in [3.63, 3.8) is 0 Å². The summed E-state index contributed by atoms with van der Waals surface area (Å²) in [5, 5.41) is 0. The first kappa shape index (κ1) is 6.85. The molecule has 0 aromatic carbocycles. The Morgan fingerprint density at radius 3 is 3.20 bits per heavy atom. The van der Waals surface area contributed by atoms with Crippen LogP contribution in [0, 0.1) is 0 Å². The molecular weight excluding hydrogens is 297 g/mol. The molecule has 0 N–H and O–H groups in total. The number of aromatic nitrogens is 1. The second-order valence-electron chi connectivity index (χ2n) is 2.05. The van der Waals surface area contributed by atoms with Gasteiger partial charge < -0.3 is 0 Å². The number of hydrogen-bond acceptors (Lipinski definition) is 1. The topological polar surface area (TPSA) is 12.9 Å². The van der Waals surface area contributed by atoms with Gasteiger partial charge in [-0.1, -0.05) is 0 Å². The molecule has 0 bridgehead atoms. The Balaban J connectivity index is 2.59. The van der Waals surface area contributed by atoms with Crippen LogP contribution in [0.1, 0.15) is 5.56 Å². The molecule has 0 atom stereocenters. The van der Waals surface area contributed by atoms with Crippen molar-refractivity contribution in [2.45, 2.75) is 0 Å². The van der Waals surface area contributed by atoms with Crippen LogP contribution in [-0.4, -0.2) is 26.1 Å². The van der Waals surface area contributed by atoms with Gasteiger partial charge in [-0.2, -0.15) is 0 Å². The van der Waals surface area contributed by atoms with E-state index in [0.29, 0.717) is 0 Å². The van der Waals surface area contributed by atoms with Crippen LogP contribution in [-0.2, 0) is 0 Å². The van der Waals surface area contributed by atoms with Crippen LogP contribution in [0.4, 0.5) is 0 Å². The van der Waals surface area contributed by atoms with Gasteiger partial charge in [0.1, 0.15) is 0 Å². The third-order valence-electron chi connectivity index (χ3n) is 1.38. The number of fused-ring (bicyclic) bond motifs is 1. The maximum atomic E-state index is 4.38. The van der Waals surface area contributed by atoms with E-state index in [2.05, 4.69) is 37.1 Å². The average Bonchev–Trinajstić information content (AvgIpc) is 2.33. The summed E-state index contributed by atoms with van der Waals surface area (Å²) in [6.07, 6.45) is 2.18. The molecular formula is C7H4BrNSn.